The lowest BCUT2D eigenvalue weighted by Gasteiger charge is -2.28. The Morgan fingerprint density at radius 2 is 2.11 bits per heavy atom. The molecule has 5 heteroatoms. The first-order valence-electron chi connectivity index (χ1n) is 6.50. The van der Waals surface area contributed by atoms with Crippen molar-refractivity contribution in [1.82, 2.24) is 15.3 Å². The van der Waals surface area contributed by atoms with Crippen LogP contribution in [0.25, 0.3) is 0 Å². The fourth-order valence-electron chi connectivity index (χ4n) is 1.87. The predicted octanol–water partition coefficient (Wildman–Crippen LogP) is 1.45. The summed E-state index contributed by atoms with van der Waals surface area (Å²) in [6, 6.07) is 0.300. The van der Waals surface area contributed by atoms with Gasteiger partial charge in [-0.3, -0.25) is 4.98 Å². The molecule has 0 aliphatic carbocycles. The second-order valence-electron chi connectivity index (χ2n) is 4.24. The average Bonchev–Trinajstić information content (AvgIpc) is 2.39. The van der Waals surface area contributed by atoms with Gasteiger partial charge in [0.1, 0.15) is 5.82 Å². The number of methoxy groups -OCH3 is 1. The maximum atomic E-state index is 5.18. The molecule has 1 aromatic rings. The minimum Gasteiger partial charge on any atom is -0.383 e. The standard InChI is InChI=1S/C13H24N4O/c1-5-14-7-12-8-16-13(9-15-12)17(6-2)11(3)10-18-4/h8-9,11,14H,5-7,10H2,1-4H3. The number of likely N-dealkylation sites (N-methyl/N-ethyl adjacent to an activating group) is 1. The quantitative estimate of drug-likeness (QED) is 0.759. The van der Waals surface area contributed by atoms with Crippen LogP contribution in [0.4, 0.5) is 5.82 Å². The van der Waals surface area contributed by atoms with Crippen molar-refractivity contribution in [3.63, 3.8) is 0 Å². The Balaban J connectivity index is 2.69. The van der Waals surface area contributed by atoms with E-state index >= 15 is 0 Å². The molecular weight excluding hydrogens is 228 g/mol. The zero-order valence-electron chi connectivity index (χ0n) is 11.8. The van der Waals surface area contributed by atoms with Crippen molar-refractivity contribution in [2.45, 2.75) is 33.4 Å². The molecule has 18 heavy (non-hydrogen) atoms. The Hall–Kier alpha value is -1.20. The third-order valence-electron chi connectivity index (χ3n) is 2.82. The van der Waals surface area contributed by atoms with E-state index in [1.54, 1.807) is 7.11 Å². The number of hydrogen-bond donors (Lipinski definition) is 1. The van der Waals surface area contributed by atoms with Crippen LogP contribution >= 0.6 is 0 Å². The minimum atomic E-state index is 0.300. The van der Waals surface area contributed by atoms with Crippen LogP contribution in [0.2, 0.25) is 0 Å². The summed E-state index contributed by atoms with van der Waals surface area (Å²) >= 11 is 0. The lowest BCUT2D eigenvalue weighted by atomic mass is 10.3. The third-order valence-corrected chi connectivity index (χ3v) is 2.82. The van der Waals surface area contributed by atoms with E-state index in [2.05, 4.69) is 41.0 Å². The van der Waals surface area contributed by atoms with E-state index in [1.807, 2.05) is 12.4 Å². The van der Waals surface area contributed by atoms with Gasteiger partial charge < -0.3 is 15.0 Å². The highest BCUT2D eigenvalue weighted by Gasteiger charge is 2.13. The van der Waals surface area contributed by atoms with Crippen molar-refractivity contribution < 1.29 is 4.74 Å². The van der Waals surface area contributed by atoms with E-state index < -0.39 is 0 Å². The van der Waals surface area contributed by atoms with Crippen molar-refractivity contribution in [3.8, 4) is 0 Å². The van der Waals surface area contributed by atoms with Gasteiger partial charge in [0.25, 0.3) is 0 Å². The fraction of sp³-hybridized carbons (Fsp3) is 0.692. The summed E-state index contributed by atoms with van der Waals surface area (Å²) in [4.78, 5) is 11.1. The van der Waals surface area contributed by atoms with Gasteiger partial charge in [-0.1, -0.05) is 6.92 Å². The molecule has 1 heterocycles. The van der Waals surface area contributed by atoms with Gasteiger partial charge in [-0.05, 0) is 20.4 Å². The molecule has 1 aromatic heterocycles. The molecule has 5 nitrogen and oxygen atoms in total. The van der Waals surface area contributed by atoms with Gasteiger partial charge >= 0.3 is 0 Å². The molecule has 0 amide bonds. The fourth-order valence-corrected chi connectivity index (χ4v) is 1.87. The second-order valence-corrected chi connectivity index (χ2v) is 4.24. The van der Waals surface area contributed by atoms with Gasteiger partial charge in [-0.2, -0.15) is 0 Å². The van der Waals surface area contributed by atoms with E-state index in [9.17, 15) is 0 Å². The van der Waals surface area contributed by atoms with Crippen LogP contribution in [0.3, 0.4) is 0 Å². The molecule has 0 spiro atoms. The number of ether oxygens (including phenoxy) is 1. The highest BCUT2D eigenvalue weighted by atomic mass is 16.5. The van der Waals surface area contributed by atoms with Crippen LogP contribution in [0, 0.1) is 0 Å². The van der Waals surface area contributed by atoms with Gasteiger partial charge in [-0.15, -0.1) is 0 Å². The van der Waals surface area contributed by atoms with Gasteiger partial charge in [0.05, 0.1) is 30.7 Å². The number of anilines is 1. The summed E-state index contributed by atoms with van der Waals surface area (Å²) in [6.45, 7) is 9.61. The molecule has 1 atom stereocenters. The van der Waals surface area contributed by atoms with Crippen molar-refractivity contribution in [2.24, 2.45) is 0 Å². The first-order chi connectivity index (χ1) is 8.72. The van der Waals surface area contributed by atoms with Crippen molar-refractivity contribution >= 4 is 5.82 Å². The van der Waals surface area contributed by atoms with Gasteiger partial charge in [-0.25, -0.2) is 4.98 Å². The number of nitrogens with one attached hydrogen (secondary N) is 1. The third kappa shape index (κ3) is 4.23. The number of aromatic nitrogens is 2. The second kappa shape index (κ2) is 8.00. The highest BCUT2D eigenvalue weighted by Crippen LogP contribution is 2.12. The SMILES string of the molecule is CCNCc1cnc(N(CC)C(C)COC)cn1. The van der Waals surface area contributed by atoms with Gasteiger partial charge in [0.2, 0.25) is 0 Å². The zero-order valence-corrected chi connectivity index (χ0v) is 11.8. The number of rotatable bonds is 8. The van der Waals surface area contributed by atoms with E-state index in [0.29, 0.717) is 12.6 Å². The molecule has 0 bridgehead atoms. The van der Waals surface area contributed by atoms with Crippen molar-refractivity contribution in [2.75, 3.05) is 31.7 Å². The lowest BCUT2D eigenvalue weighted by molar-refractivity contribution is 0.181. The molecule has 102 valence electrons. The molecule has 1 rings (SSSR count). The molecule has 0 aromatic carbocycles. The first-order valence-corrected chi connectivity index (χ1v) is 6.50. The monoisotopic (exact) mass is 252 g/mol. The normalized spacial score (nSPS) is 12.4. The predicted molar refractivity (Wildman–Crippen MR) is 73.8 cm³/mol. The van der Waals surface area contributed by atoms with Crippen LogP contribution < -0.4 is 10.2 Å². The summed E-state index contributed by atoms with van der Waals surface area (Å²) in [7, 11) is 1.72. The largest absolute Gasteiger partial charge is 0.383 e. The van der Waals surface area contributed by atoms with Crippen LogP contribution in [0.15, 0.2) is 12.4 Å². The number of hydrogen-bond acceptors (Lipinski definition) is 5. The molecule has 0 aliphatic heterocycles. The van der Waals surface area contributed by atoms with Gasteiger partial charge in [0, 0.05) is 20.2 Å². The molecule has 0 saturated heterocycles. The van der Waals surface area contributed by atoms with E-state index in [0.717, 1.165) is 31.1 Å². The molecule has 0 saturated carbocycles. The summed E-state index contributed by atoms with van der Waals surface area (Å²) in [5.74, 6) is 0.905. The maximum absolute atomic E-state index is 5.18. The summed E-state index contributed by atoms with van der Waals surface area (Å²) < 4.78 is 5.18. The zero-order chi connectivity index (χ0) is 13.4. The minimum absolute atomic E-state index is 0.300. The van der Waals surface area contributed by atoms with Crippen LogP contribution in [-0.2, 0) is 11.3 Å². The van der Waals surface area contributed by atoms with Crippen molar-refractivity contribution in [1.29, 1.82) is 0 Å². The Bertz CT molecular complexity index is 328. The topological polar surface area (TPSA) is 50.3 Å². The summed E-state index contributed by atoms with van der Waals surface area (Å²) in [5, 5.41) is 3.23. The summed E-state index contributed by atoms with van der Waals surface area (Å²) in [5.41, 5.74) is 0.969. The highest BCUT2D eigenvalue weighted by molar-refractivity contribution is 5.36. The Morgan fingerprint density at radius 1 is 1.33 bits per heavy atom. The summed E-state index contributed by atoms with van der Waals surface area (Å²) in [6.07, 6.45) is 3.67. The molecule has 0 radical (unpaired) electrons. The lowest BCUT2D eigenvalue weighted by Crippen LogP contribution is -2.36. The Kier molecular flexibility index (Phi) is 6.60. The van der Waals surface area contributed by atoms with E-state index in [-0.39, 0.29) is 0 Å². The molecule has 1 unspecified atom stereocenters. The number of nitrogens with zero attached hydrogens (tertiary/aromatic N) is 3. The van der Waals surface area contributed by atoms with E-state index in [1.165, 1.54) is 0 Å². The van der Waals surface area contributed by atoms with Crippen LogP contribution in [-0.4, -0.2) is 42.8 Å². The van der Waals surface area contributed by atoms with Crippen LogP contribution in [0.5, 0.6) is 0 Å². The molecule has 0 aliphatic rings. The Morgan fingerprint density at radius 3 is 2.61 bits per heavy atom. The van der Waals surface area contributed by atoms with Crippen LogP contribution in [0.1, 0.15) is 26.5 Å². The molecule has 0 fully saturated rings. The first kappa shape index (κ1) is 14.9. The average molecular weight is 252 g/mol. The molecule has 1 N–H and O–H groups in total. The van der Waals surface area contributed by atoms with E-state index in [4.69, 9.17) is 4.74 Å². The Labute approximate surface area is 110 Å². The maximum Gasteiger partial charge on any atom is 0.147 e. The molecular formula is C13H24N4O. The van der Waals surface area contributed by atoms with Gasteiger partial charge in [0.15, 0.2) is 0 Å². The van der Waals surface area contributed by atoms with Crippen molar-refractivity contribution in [3.05, 3.63) is 18.1 Å². The smallest absolute Gasteiger partial charge is 0.147 e.